The van der Waals surface area contributed by atoms with E-state index >= 15 is 0 Å². The fourth-order valence-electron chi connectivity index (χ4n) is 2.16. The van der Waals surface area contributed by atoms with Gasteiger partial charge in [-0.15, -0.1) is 0 Å². The van der Waals surface area contributed by atoms with Gasteiger partial charge in [-0.05, 0) is 45.3 Å². The Morgan fingerprint density at radius 3 is 2.93 bits per heavy atom. The number of piperidine rings is 1. The fraction of sp³-hybridized carbons (Fsp3) is 1.00. The second kappa shape index (κ2) is 6.38. The molecule has 84 valence electrons. The summed E-state index contributed by atoms with van der Waals surface area (Å²) in [5.41, 5.74) is 0. The van der Waals surface area contributed by atoms with Crippen molar-refractivity contribution >= 4 is 0 Å². The molecule has 0 bridgehead atoms. The molecule has 14 heavy (non-hydrogen) atoms. The molecule has 1 aliphatic heterocycles. The zero-order chi connectivity index (χ0) is 10.4. The third kappa shape index (κ3) is 3.95. The van der Waals surface area contributed by atoms with Crippen LogP contribution in [-0.2, 0) is 0 Å². The van der Waals surface area contributed by atoms with Crippen molar-refractivity contribution in [3.63, 3.8) is 0 Å². The van der Waals surface area contributed by atoms with E-state index in [2.05, 4.69) is 17.1 Å². The molecular weight excluding hydrogens is 176 g/mol. The van der Waals surface area contributed by atoms with Gasteiger partial charge in [0.05, 0.1) is 6.61 Å². The van der Waals surface area contributed by atoms with Crippen molar-refractivity contribution in [2.75, 3.05) is 33.3 Å². The molecule has 0 aromatic carbocycles. The predicted octanol–water partition coefficient (Wildman–Crippen LogP) is 0.689. The van der Waals surface area contributed by atoms with Crippen molar-refractivity contribution in [3.05, 3.63) is 0 Å². The van der Waals surface area contributed by atoms with Crippen LogP contribution in [0.5, 0.6) is 0 Å². The summed E-state index contributed by atoms with van der Waals surface area (Å²) in [4.78, 5) is 2.52. The molecule has 1 aliphatic rings. The Morgan fingerprint density at radius 2 is 2.36 bits per heavy atom. The first-order chi connectivity index (χ1) is 6.76. The standard InChI is InChI=1S/C11H24N2O/c1-10-4-3-6-13(8-10)7-5-11(9-14)12-2/h10-12,14H,3-9H2,1-2H3. The van der Waals surface area contributed by atoms with E-state index in [1.807, 2.05) is 7.05 Å². The molecule has 1 saturated heterocycles. The van der Waals surface area contributed by atoms with Gasteiger partial charge in [0, 0.05) is 12.6 Å². The number of rotatable bonds is 5. The summed E-state index contributed by atoms with van der Waals surface area (Å²) in [6.45, 7) is 6.18. The Kier molecular flexibility index (Phi) is 5.45. The molecule has 0 radical (unpaired) electrons. The largest absolute Gasteiger partial charge is 0.395 e. The first-order valence-electron chi connectivity index (χ1n) is 5.76. The number of nitrogens with one attached hydrogen (secondary N) is 1. The molecule has 2 unspecified atom stereocenters. The number of hydrogen-bond acceptors (Lipinski definition) is 3. The first-order valence-corrected chi connectivity index (χ1v) is 5.76. The molecule has 2 atom stereocenters. The summed E-state index contributed by atoms with van der Waals surface area (Å²) in [6, 6.07) is 0.271. The number of nitrogens with zero attached hydrogens (tertiary/aromatic N) is 1. The van der Waals surface area contributed by atoms with Crippen LogP contribution in [0.2, 0.25) is 0 Å². The summed E-state index contributed by atoms with van der Waals surface area (Å²) in [7, 11) is 1.92. The van der Waals surface area contributed by atoms with Crippen LogP contribution in [0.3, 0.4) is 0 Å². The van der Waals surface area contributed by atoms with Gasteiger partial charge in [-0.2, -0.15) is 0 Å². The summed E-state index contributed by atoms with van der Waals surface area (Å²) < 4.78 is 0. The van der Waals surface area contributed by atoms with Gasteiger partial charge in [-0.3, -0.25) is 0 Å². The van der Waals surface area contributed by atoms with Crippen LogP contribution in [-0.4, -0.2) is 49.3 Å². The molecule has 0 amide bonds. The Labute approximate surface area is 87.5 Å². The van der Waals surface area contributed by atoms with E-state index in [0.717, 1.165) is 18.9 Å². The second-order valence-electron chi connectivity index (χ2n) is 4.50. The van der Waals surface area contributed by atoms with Crippen LogP contribution >= 0.6 is 0 Å². The minimum absolute atomic E-state index is 0.250. The molecule has 1 fully saturated rings. The second-order valence-corrected chi connectivity index (χ2v) is 4.50. The van der Waals surface area contributed by atoms with Crippen molar-refractivity contribution in [1.82, 2.24) is 10.2 Å². The van der Waals surface area contributed by atoms with Crippen molar-refractivity contribution in [1.29, 1.82) is 0 Å². The van der Waals surface area contributed by atoms with Gasteiger partial charge in [0.1, 0.15) is 0 Å². The molecule has 2 N–H and O–H groups in total. The van der Waals surface area contributed by atoms with Crippen LogP contribution in [0.15, 0.2) is 0 Å². The topological polar surface area (TPSA) is 35.5 Å². The molecular formula is C11H24N2O. The molecule has 3 nitrogen and oxygen atoms in total. The van der Waals surface area contributed by atoms with E-state index < -0.39 is 0 Å². The molecule has 0 aromatic heterocycles. The quantitative estimate of drug-likeness (QED) is 0.685. The number of aliphatic hydroxyl groups excluding tert-OH is 1. The van der Waals surface area contributed by atoms with E-state index in [4.69, 9.17) is 5.11 Å². The van der Waals surface area contributed by atoms with Crippen LogP contribution < -0.4 is 5.32 Å². The Bertz CT molecular complexity index is 148. The fourth-order valence-corrected chi connectivity index (χ4v) is 2.16. The Morgan fingerprint density at radius 1 is 1.57 bits per heavy atom. The molecule has 1 heterocycles. The summed E-state index contributed by atoms with van der Waals surface area (Å²) >= 11 is 0. The summed E-state index contributed by atoms with van der Waals surface area (Å²) in [5.74, 6) is 0.853. The minimum Gasteiger partial charge on any atom is -0.395 e. The van der Waals surface area contributed by atoms with Crippen LogP contribution in [0.1, 0.15) is 26.2 Å². The highest BCUT2D eigenvalue weighted by molar-refractivity contribution is 4.72. The number of aliphatic hydroxyl groups is 1. The van der Waals surface area contributed by atoms with Gasteiger partial charge < -0.3 is 15.3 Å². The normalized spacial score (nSPS) is 26.4. The molecule has 0 spiro atoms. The molecule has 0 aliphatic carbocycles. The van der Waals surface area contributed by atoms with E-state index in [1.54, 1.807) is 0 Å². The van der Waals surface area contributed by atoms with Crippen molar-refractivity contribution in [2.45, 2.75) is 32.2 Å². The van der Waals surface area contributed by atoms with Crippen LogP contribution in [0.4, 0.5) is 0 Å². The van der Waals surface area contributed by atoms with Gasteiger partial charge in [-0.1, -0.05) is 6.92 Å². The maximum absolute atomic E-state index is 9.03. The predicted molar refractivity (Wildman–Crippen MR) is 59.4 cm³/mol. The molecule has 0 saturated carbocycles. The highest BCUT2D eigenvalue weighted by Crippen LogP contribution is 2.15. The van der Waals surface area contributed by atoms with Crippen LogP contribution in [0, 0.1) is 5.92 Å². The van der Waals surface area contributed by atoms with Crippen LogP contribution in [0.25, 0.3) is 0 Å². The van der Waals surface area contributed by atoms with E-state index in [-0.39, 0.29) is 12.6 Å². The zero-order valence-corrected chi connectivity index (χ0v) is 9.50. The average Bonchev–Trinajstić information content (AvgIpc) is 2.19. The number of likely N-dealkylation sites (N-methyl/N-ethyl adjacent to an activating group) is 1. The molecule has 3 heteroatoms. The number of hydrogen-bond donors (Lipinski definition) is 2. The van der Waals surface area contributed by atoms with E-state index in [9.17, 15) is 0 Å². The van der Waals surface area contributed by atoms with Gasteiger partial charge in [0.2, 0.25) is 0 Å². The molecule has 0 aromatic rings. The lowest BCUT2D eigenvalue weighted by molar-refractivity contribution is 0.164. The average molecular weight is 200 g/mol. The Balaban J connectivity index is 2.16. The summed E-state index contributed by atoms with van der Waals surface area (Å²) in [5, 5.41) is 12.2. The Hall–Kier alpha value is -0.120. The summed E-state index contributed by atoms with van der Waals surface area (Å²) in [6.07, 6.45) is 3.77. The van der Waals surface area contributed by atoms with Gasteiger partial charge in [-0.25, -0.2) is 0 Å². The van der Waals surface area contributed by atoms with Gasteiger partial charge in [0.25, 0.3) is 0 Å². The van der Waals surface area contributed by atoms with Gasteiger partial charge in [0.15, 0.2) is 0 Å². The van der Waals surface area contributed by atoms with E-state index in [1.165, 1.54) is 25.9 Å². The maximum Gasteiger partial charge on any atom is 0.0585 e. The molecule has 1 rings (SSSR count). The SMILES string of the molecule is CNC(CO)CCN1CCCC(C)C1. The highest BCUT2D eigenvalue weighted by Gasteiger charge is 2.16. The highest BCUT2D eigenvalue weighted by atomic mass is 16.3. The van der Waals surface area contributed by atoms with Crippen molar-refractivity contribution in [2.24, 2.45) is 5.92 Å². The lowest BCUT2D eigenvalue weighted by atomic mass is 10.00. The maximum atomic E-state index is 9.03. The van der Waals surface area contributed by atoms with Gasteiger partial charge >= 0.3 is 0 Å². The van der Waals surface area contributed by atoms with E-state index in [0.29, 0.717) is 0 Å². The number of likely N-dealkylation sites (tertiary alicyclic amines) is 1. The lowest BCUT2D eigenvalue weighted by Crippen LogP contribution is -2.39. The smallest absolute Gasteiger partial charge is 0.0585 e. The monoisotopic (exact) mass is 200 g/mol. The third-order valence-electron chi connectivity index (χ3n) is 3.16. The van der Waals surface area contributed by atoms with Crippen molar-refractivity contribution in [3.8, 4) is 0 Å². The lowest BCUT2D eigenvalue weighted by Gasteiger charge is -2.31. The third-order valence-corrected chi connectivity index (χ3v) is 3.16. The zero-order valence-electron chi connectivity index (χ0n) is 9.50. The first kappa shape index (κ1) is 12.0. The van der Waals surface area contributed by atoms with Crippen molar-refractivity contribution < 1.29 is 5.11 Å². The minimum atomic E-state index is 0.250.